The van der Waals surface area contributed by atoms with E-state index in [1.807, 2.05) is 62.4 Å². The number of hydrogen-bond donors (Lipinski definition) is 2. The van der Waals surface area contributed by atoms with Crippen molar-refractivity contribution in [2.75, 3.05) is 17.2 Å². The Balaban J connectivity index is 1.58. The molecule has 7 heteroatoms. The Bertz CT molecular complexity index is 1130. The van der Waals surface area contributed by atoms with Crippen molar-refractivity contribution in [1.29, 1.82) is 0 Å². The van der Waals surface area contributed by atoms with E-state index in [2.05, 4.69) is 27.6 Å². The predicted molar refractivity (Wildman–Crippen MR) is 130 cm³/mol. The number of para-hydroxylation sites is 1. The summed E-state index contributed by atoms with van der Waals surface area (Å²) in [4.78, 5) is 17.8. The maximum atomic E-state index is 13.4. The van der Waals surface area contributed by atoms with E-state index >= 15 is 0 Å². The Labute approximate surface area is 194 Å². The van der Waals surface area contributed by atoms with Gasteiger partial charge in [-0.3, -0.25) is 4.79 Å². The van der Waals surface area contributed by atoms with Crippen molar-refractivity contribution in [2.45, 2.75) is 52.5 Å². The Morgan fingerprint density at radius 2 is 1.88 bits per heavy atom. The number of nitrogens with zero attached hydrogens (tertiary/aromatic N) is 3. The van der Waals surface area contributed by atoms with E-state index in [-0.39, 0.29) is 5.91 Å². The number of carbonyl (C=O) groups is 1. The SMILES string of the molecule is CCCCCCOc1ccc([C@H]2C(C(=O)Nc3ccccc3C)=C(C)Nc3ncnn32)cc1. The summed E-state index contributed by atoms with van der Waals surface area (Å²) in [6.45, 7) is 6.78. The van der Waals surface area contributed by atoms with Crippen LogP contribution in [0.3, 0.4) is 0 Å². The Hall–Kier alpha value is -3.61. The number of fused-ring (bicyclic) bond motifs is 1. The van der Waals surface area contributed by atoms with Crippen LogP contribution in [0.25, 0.3) is 0 Å². The first kappa shape index (κ1) is 22.6. The third-order valence-corrected chi connectivity index (χ3v) is 5.89. The number of hydrogen-bond acceptors (Lipinski definition) is 5. The van der Waals surface area contributed by atoms with Crippen LogP contribution in [0.2, 0.25) is 0 Å². The number of aromatic nitrogens is 3. The summed E-state index contributed by atoms with van der Waals surface area (Å²) in [5.74, 6) is 1.27. The highest BCUT2D eigenvalue weighted by Crippen LogP contribution is 2.36. The van der Waals surface area contributed by atoms with Crippen molar-refractivity contribution in [2.24, 2.45) is 0 Å². The first-order valence-corrected chi connectivity index (χ1v) is 11.6. The molecule has 1 aromatic heterocycles. The second-order valence-electron chi connectivity index (χ2n) is 8.34. The molecule has 0 aliphatic carbocycles. The zero-order valence-electron chi connectivity index (χ0n) is 19.5. The van der Waals surface area contributed by atoms with Crippen LogP contribution in [0, 0.1) is 6.92 Å². The third-order valence-electron chi connectivity index (χ3n) is 5.89. The van der Waals surface area contributed by atoms with Crippen LogP contribution in [0.5, 0.6) is 5.75 Å². The van der Waals surface area contributed by atoms with Gasteiger partial charge in [0.05, 0.1) is 12.2 Å². The van der Waals surface area contributed by atoms with E-state index in [1.165, 1.54) is 25.6 Å². The largest absolute Gasteiger partial charge is 0.494 e. The highest BCUT2D eigenvalue weighted by molar-refractivity contribution is 6.06. The van der Waals surface area contributed by atoms with Crippen molar-refractivity contribution in [3.05, 3.63) is 77.3 Å². The van der Waals surface area contributed by atoms with Crippen LogP contribution in [-0.2, 0) is 4.79 Å². The average molecular weight is 446 g/mol. The molecular weight excluding hydrogens is 414 g/mol. The van der Waals surface area contributed by atoms with Crippen molar-refractivity contribution in [3.8, 4) is 5.75 Å². The molecule has 2 heterocycles. The van der Waals surface area contributed by atoms with Gasteiger partial charge in [0.2, 0.25) is 5.95 Å². The lowest BCUT2D eigenvalue weighted by molar-refractivity contribution is -0.113. The van der Waals surface area contributed by atoms with Crippen LogP contribution in [0.15, 0.2) is 66.1 Å². The smallest absolute Gasteiger partial charge is 0.255 e. The molecule has 2 aromatic carbocycles. The summed E-state index contributed by atoms with van der Waals surface area (Å²) in [7, 11) is 0. The van der Waals surface area contributed by atoms with Crippen molar-refractivity contribution in [3.63, 3.8) is 0 Å². The van der Waals surface area contributed by atoms with Crippen LogP contribution >= 0.6 is 0 Å². The fraction of sp³-hybridized carbons (Fsp3) is 0.346. The monoisotopic (exact) mass is 445 g/mol. The molecular formula is C26H31N5O2. The Kier molecular flexibility index (Phi) is 7.07. The maximum Gasteiger partial charge on any atom is 0.255 e. The third kappa shape index (κ3) is 5.08. The summed E-state index contributed by atoms with van der Waals surface area (Å²) in [6, 6.07) is 15.3. The lowest BCUT2D eigenvalue weighted by Gasteiger charge is -2.29. The fourth-order valence-electron chi connectivity index (χ4n) is 4.06. The number of aryl methyl sites for hydroxylation is 1. The first-order valence-electron chi connectivity index (χ1n) is 11.6. The number of nitrogens with one attached hydrogen (secondary N) is 2. The summed E-state index contributed by atoms with van der Waals surface area (Å²) in [5.41, 5.74) is 4.09. The van der Waals surface area contributed by atoms with Crippen LogP contribution < -0.4 is 15.4 Å². The number of ether oxygens (including phenoxy) is 1. The molecule has 0 saturated heterocycles. The molecule has 3 aromatic rings. The van der Waals surface area contributed by atoms with Gasteiger partial charge in [0, 0.05) is 11.4 Å². The minimum Gasteiger partial charge on any atom is -0.494 e. The molecule has 1 amide bonds. The molecule has 0 saturated carbocycles. The predicted octanol–water partition coefficient (Wildman–Crippen LogP) is 5.47. The summed E-state index contributed by atoms with van der Waals surface area (Å²) >= 11 is 0. The van der Waals surface area contributed by atoms with E-state index in [0.29, 0.717) is 18.1 Å². The second kappa shape index (κ2) is 10.3. The lowest BCUT2D eigenvalue weighted by Crippen LogP contribution is -2.31. The average Bonchev–Trinajstić information content (AvgIpc) is 3.28. The highest BCUT2D eigenvalue weighted by Gasteiger charge is 2.33. The maximum absolute atomic E-state index is 13.4. The Morgan fingerprint density at radius 1 is 1.09 bits per heavy atom. The molecule has 1 aliphatic rings. The summed E-state index contributed by atoms with van der Waals surface area (Å²) in [6.07, 6.45) is 6.18. The number of benzene rings is 2. The molecule has 172 valence electrons. The topological polar surface area (TPSA) is 81.1 Å². The molecule has 33 heavy (non-hydrogen) atoms. The van der Waals surface area contributed by atoms with E-state index in [4.69, 9.17) is 4.74 Å². The van der Waals surface area contributed by atoms with Gasteiger partial charge in [-0.25, -0.2) is 4.68 Å². The van der Waals surface area contributed by atoms with E-state index in [1.54, 1.807) is 4.68 Å². The quantitative estimate of drug-likeness (QED) is 0.427. The van der Waals surface area contributed by atoms with E-state index in [0.717, 1.165) is 34.7 Å². The zero-order valence-corrected chi connectivity index (χ0v) is 19.5. The van der Waals surface area contributed by atoms with Gasteiger partial charge in [0.25, 0.3) is 5.91 Å². The van der Waals surface area contributed by atoms with Crippen molar-refractivity contribution >= 4 is 17.5 Å². The highest BCUT2D eigenvalue weighted by atomic mass is 16.5. The van der Waals surface area contributed by atoms with Gasteiger partial charge in [-0.05, 0) is 49.6 Å². The number of anilines is 2. The van der Waals surface area contributed by atoms with Crippen LogP contribution in [0.4, 0.5) is 11.6 Å². The van der Waals surface area contributed by atoms with E-state index < -0.39 is 6.04 Å². The summed E-state index contributed by atoms with van der Waals surface area (Å²) in [5, 5.41) is 10.7. The molecule has 0 radical (unpaired) electrons. The van der Waals surface area contributed by atoms with E-state index in [9.17, 15) is 4.79 Å². The number of allylic oxidation sites excluding steroid dienone is 1. The molecule has 1 aliphatic heterocycles. The van der Waals surface area contributed by atoms with Crippen molar-refractivity contribution in [1.82, 2.24) is 14.8 Å². The zero-order chi connectivity index (χ0) is 23.2. The normalized spacial score (nSPS) is 15.1. The van der Waals surface area contributed by atoms with Gasteiger partial charge in [-0.1, -0.05) is 56.5 Å². The molecule has 0 unspecified atom stereocenters. The summed E-state index contributed by atoms with van der Waals surface area (Å²) < 4.78 is 7.65. The molecule has 4 rings (SSSR count). The molecule has 0 bridgehead atoms. The van der Waals surface area contributed by atoms with Crippen LogP contribution in [-0.4, -0.2) is 27.3 Å². The van der Waals surface area contributed by atoms with Gasteiger partial charge in [0.15, 0.2) is 0 Å². The van der Waals surface area contributed by atoms with Crippen molar-refractivity contribution < 1.29 is 9.53 Å². The second-order valence-corrected chi connectivity index (χ2v) is 8.34. The lowest BCUT2D eigenvalue weighted by atomic mass is 9.95. The number of amides is 1. The Morgan fingerprint density at radius 3 is 2.64 bits per heavy atom. The molecule has 1 atom stereocenters. The molecule has 2 N–H and O–H groups in total. The number of rotatable bonds is 9. The minimum atomic E-state index is -0.397. The van der Waals surface area contributed by atoms with Gasteiger partial charge < -0.3 is 15.4 Å². The molecule has 0 fully saturated rings. The van der Waals surface area contributed by atoms with Gasteiger partial charge in [-0.15, -0.1) is 0 Å². The van der Waals surface area contributed by atoms with Gasteiger partial charge >= 0.3 is 0 Å². The van der Waals surface area contributed by atoms with Gasteiger partial charge in [-0.2, -0.15) is 10.1 Å². The standard InChI is InChI=1S/C26H31N5O2/c1-4-5-6-9-16-33-21-14-12-20(13-15-21)24-23(19(3)29-26-27-17-28-31(24)26)25(32)30-22-11-8-7-10-18(22)2/h7-8,10-15,17,24H,4-6,9,16H2,1-3H3,(H,30,32)(H,27,28,29)/t24-/m0/s1. The molecule has 0 spiro atoms. The first-order chi connectivity index (χ1) is 16.1. The minimum absolute atomic E-state index is 0.170. The fourth-order valence-corrected chi connectivity index (χ4v) is 4.06. The van der Waals surface area contributed by atoms with Gasteiger partial charge in [0.1, 0.15) is 18.1 Å². The number of unbranched alkanes of at least 4 members (excludes halogenated alkanes) is 3. The molecule has 7 nitrogen and oxygen atoms in total. The van der Waals surface area contributed by atoms with Crippen LogP contribution in [0.1, 0.15) is 56.7 Å². The number of carbonyl (C=O) groups excluding carboxylic acids is 1.